The summed E-state index contributed by atoms with van der Waals surface area (Å²) in [5, 5.41) is 0. The van der Waals surface area contributed by atoms with Crippen LogP contribution in [-0.2, 0) is 4.79 Å². The zero-order valence-electron chi connectivity index (χ0n) is 7.36. The van der Waals surface area contributed by atoms with Crippen molar-refractivity contribution in [2.75, 3.05) is 0 Å². The average molecular weight is 178 g/mol. The van der Waals surface area contributed by atoms with E-state index in [1.54, 1.807) is 19.2 Å². The maximum absolute atomic E-state index is 11.2. The molecule has 1 aromatic rings. The van der Waals surface area contributed by atoms with Crippen molar-refractivity contribution in [2.24, 2.45) is 5.92 Å². The Labute approximate surface area is 76.0 Å². The van der Waals surface area contributed by atoms with Gasteiger partial charge in [-0.25, -0.2) is 4.98 Å². The van der Waals surface area contributed by atoms with Gasteiger partial charge in [-0.15, -0.1) is 0 Å². The third-order valence-electron chi connectivity index (χ3n) is 1.87. The van der Waals surface area contributed by atoms with Crippen molar-refractivity contribution >= 4 is 5.97 Å². The van der Waals surface area contributed by atoms with E-state index in [1.165, 1.54) is 0 Å². The van der Waals surface area contributed by atoms with Crippen molar-refractivity contribution in [3.63, 3.8) is 0 Å². The van der Waals surface area contributed by atoms with E-state index in [-0.39, 0.29) is 11.9 Å². The van der Waals surface area contributed by atoms with Gasteiger partial charge in [0.2, 0.25) is 5.88 Å². The molecular formula is C9H10N2O2. The minimum Gasteiger partial charge on any atom is -0.407 e. The predicted octanol–water partition coefficient (Wildman–Crippen LogP) is 1.10. The molecule has 1 aliphatic rings. The molecule has 1 heterocycles. The standard InChI is InChI=1S/C9H10N2O2/c1-6-10-5-4-8(11-6)13-9(12)7-2-3-7/h4-5,7H,2-3H2,1H3. The number of aromatic nitrogens is 2. The second-order valence-electron chi connectivity index (χ2n) is 3.14. The number of aryl methyl sites for hydroxylation is 1. The van der Waals surface area contributed by atoms with Crippen LogP contribution >= 0.6 is 0 Å². The van der Waals surface area contributed by atoms with Crippen LogP contribution in [0.2, 0.25) is 0 Å². The molecule has 0 saturated heterocycles. The molecule has 0 aromatic carbocycles. The molecule has 0 atom stereocenters. The molecule has 0 N–H and O–H groups in total. The molecule has 1 aromatic heterocycles. The van der Waals surface area contributed by atoms with Crippen LogP contribution in [0.4, 0.5) is 0 Å². The lowest BCUT2D eigenvalue weighted by Crippen LogP contribution is -2.11. The van der Waals surface area contributed by atoms with Crippen molar-refractivity contribution in [2.45, 2.75) is 19.8 Å². The third kappa shape index (κ3) is 2.02. The van der Waals surface area contributed by atoms with Gasteiger partial charge < -0.3 is 4.74 Å². The van der Waals surface area contributed by atoms with Crippen LogP contribution in [0.15, 0.2) is 12.3 Å². The Morgan fingerprint density at radius 2 is 2.38 bits per heavy atom. The van der Waals surface area contributed by atoms with Crippen LogP contribution in [-0.4, -0.2) is 15.9 Å². The molecule has 0 bridgehead atoms. The topological polar surface area (TPSA) is 52.1 Å². The number of nitrogens with zero attached hydrogens (tertiary/aromatic N) is 2. The van der Waals surface area contributed by atoms with E-state index in [0.29, 0.717) is 11.7 Å². The Hall–Kier alpha value is -1.45. The van der Waals surface area contributed by atoms with Gasteiger partial charge in [0.05, 0.1) is 5.92 Å². The van der Waals surface area contributed by atoms with E-state index in [2.05, 4.69) is 9.97 Å². The first kappa shape index (κ1) is 8.16. The Kier molecular flexibility index (Phi) is 1.96. The van der Waals surface area contributed by atoms with Gasteiger partial charge in [0.1, 0.15) is 5.82 Å². The maximum Gasteiger partial charge on any atom is 0.315 e. The molecule has 1 saturated carbocycles. The Morgan fingerprint density at radius 3 is 3.00 bits per heavy atom. The number of ether oxygens (including phenoxy) is 1. The summed E-state index contributed by atoms with van der Waals surface area (Å²) < 4.78 is 5.03. The van der Waals surface area contributed by atoms with E-state index >= 15 is 0 Å². The molecule has 4 heteroatoms. The van der Waals surface area contributed by atoms with Gasteiger partial charge in [0, 0.05) is 12.3 Å². The van der Waals surface area contributed by atoms with Crippen LogP contribution in [0.25, 0.3) is 0 Å². The monoisotopic (exact) mass is 178 g/mol. The summed E-state index contributed by atoms with van der Waals surface area (Å²) in [5.74, 6) is 0.902. The highest BCUT2D eigenvalue weighted by Gasteiger charge is 2.31. The van der Waals surface area contributed by atoms with Crippen LogP contribution < -0.4 is 4.74 Å². The van der Waals surface area contributed by atoms with Crippen molar-refractivity contribution in [3.8, 4) is 5.88 Å². The maximum atomic E-state index is 11.2. The van der Waals surface area contributed by atoms with Gasteiger partial charge in [-0.2, -0.15) is 4.98 Å². The Bertz CT molecular complexity index is 334. The summed E-state index contributed by atoms with van der Waals surface area (Å²) in [6.45, 7) is 1.76. The van der Waals surface area contributed by atoms with E-state index in [0.717, 1.165) is 12.8 Å². The zero-order chi connectivity index (χ0) is 9.26. The van der Waals surface area contributed by atoms with Crippen LogP contribution in [0.3, 0.4) is 0 Å². The molecule has 68 valence electrons. The highest BCUT2D eigenvalue weighted by Crippen LogP contribution is 2.30. The molecule has 0 amide bonds. The minimum atomic E-state index is -0.168. The van der Waals surface area contributed by atoms with Gasteiger partial charge in [0.15, 0.2) is 0 Å². The fraction of sp³-hybridized carbons (Fsp3) is 0.444. The normalized spacial score (nSPS) is 15.5. The van der Waals surface area contributed by atoms with Crippen molar-refractivity contribution in [3.05, 3.63) is 18.1 Å². The summed E-state index contributed by atoms with van der Waals surface area (Å²) in [4.78, 5) is 19.1. The van der Waals surface area contributed by atoms with E-state index in [9.17, 15) is 4.79 Å². The second-order valence-corrected chi connectivity index (χ2v) is 3.14. The van der Waals surface area contributed by atoms with Gasteiger partial charge in [-0.1, -0.05) is 0 Å². The first-order valence-electron chi connectivity index (χ1n) is 4.27. The first-order valence-corrected chi connectivity index (χ1v) is 4.27. The molecular weight excluding hydrogens is 168 g/mol. The van der Waals surface area contributed by atoms with Crippen LogP contribution in [0, 0.1) is 12.8 Å². The van der Waals surface area contributed by atoms with Crippen molar-refractivity contribution in [1.29, 1.82) is 0 Å². The van der Waals surface area contributed by atoms with Crippen molar-refractivity contribution < 1.29 is 9.53 Å². The molecule has 1 fully saturated rings. The number of carbonyl (C=O) groups excluding carboxylic acids is 1. The highest BCUT2D eigenvalue weighted by atomic mass is 16.5. The van der Waals surface area contributed by atoms with Crippen LogP contribution in [0.5, 0.6) is 5.88 Å². The SMILES string of the molecule is Cc1nccc(OC(=O)C2CC2)n1. The Morgan fingerprint density at radius 1 is 1.62 bits per heavy atom. The number of hydrogen-bond acceptors (Lipinski definition) is 4. The van der Waals surface area contributed by atoms with Crippen molar-refractivity contribution in [1.82, 2.24) is 9.97 Å². The molecule has 0 unspecified atom stereocenters. The van der Waals surface area contributed by atoms with Gasteiger partial charge in [-0.05, 0) is 19.8 Å². The molecule has 0 radical (unpaired) electrons. The largest absolute Gasteiger partial charge is 0.407 e. The number of rotatable bonds is 2. The first-order chi connectivity index (χ1) is 6.25. The third-order valence-corrected chi connectivity index (χ3v) is 1.87. The Balaban J connectivity index is 2.04. The summed E-state index contributed by atoms with van der Waals surface area (Å²) in [6.07, 6.45) is 3.48. The molecule has 13 heavy (non-hydrogen) atoms. The molecule has 0 aliphatic heterocycles. The minimum absolute atomic E-state index is 0.107. The highest BCUT2D eigenvalue weighted by molar-refractivity contribution is 5.76. The zero-order valence-corrected chi connectivity index (χ0v) is 7.36. The summed E-state index contributed by atoms with van der Waals surface area (Å²) in [7, 11) is 0. The van der Waals surface area contributed by atoms with Gasteiger partial charge in [-0.3, -0.25) is 4.79 Å². The molecule has 4 nitrogen and oxygen atoms in total. The quantitative estimate of drug-likeness (QED) is 0.636. The second kappa shape index (κ2) is 3.12. The lowest BCUT2D eigenvalue weighted by Gasteiger charge is -2.01. The predicted molar refractivity (Wildman–Crippen MR) is 45.1 cm³/mol. The van der Waals surface area contributed by atoms with E-state index in [1.807, 2.05) is 0 Å². The summed E-state index contributed by atoms with van der Waals surface area (Å²) >= 11 is 0. The fourth-order valence-electron chi connectivity index (χ4n) is 0.997. The number of hydrogen-bond donors (Lipinski definition) is 0. The average Bonchev–Trinajstić information content (AvgIpc) is 2.85. The smallest absolute Gasteiger partial charge is 0.315 e. The van der Waals surface area contributed by atoms with Crippen LogP contribution in [0.1, 0.15) is 18.7 Å². The van der Waals surface area contributed by atoms with E-state index in [4.69, 9.17) is 4.74 Å². The van der Waals surface area contributed by atoms with Gasteiger partial charge in [0.25, 0.3) is 0 Å². The lowest BCUT2D eigenvalue weighted by molar-refractivity contribution is -0.136. The number of esters is 1. The van der Waals surface area contributed by atoms with E-state index < -0.39 is 0 Å². The molecule has 2 rings (SSSR count). The summed E-state index contributed by atoms with van der Waals surface area (Å²) in [6, 6.07) is 1.59. The number of carbonyl (C=O) groups is 1. The van der Waals surface area contributed by atoms with Gasteiger partial charge >= 0.3 is 5.97 Å². The molecule has 0 spiro atoms. The lowest BCUT2D eigenvalue weighted by atomic mass is 10.4. The molecule has 1 aliphatic carbocycles. The fourth-order valence-corrected chi connectivity index (χ4v) is 0.997. The summed E-state index contributed by atoms with van der Waals surface area (Å²) in [5.41, 5.74) is 0.